The van der Waals surface area contributed by atoms with Crippen molar-refractivity contribution in [3.8, 4) is 0 Å². The number of hydrogen-bond acceptors (Lipinski definition) is 4. The highest BCUT2D eigenvalue weighted by Crippen LogP contribution is 2.28. The monoisotopic (exact) mass is 399 g/mol. The van der Waals surface area contributed by atoms with E-state index in [1.165, 1.54) is 29.2 Å². The molecule has 0 aliphatic carbocycles. The zero-order chi connectivity index (χ0) is 19.4. The maximum absolute atomic E-state index is 14.3. The van der Waals surface area contributed by atoms with Crippen LogP contribution in [0.25, 0.3) is 0 Å². The van der Waals surface area contributed by atoms with Crippen LogP contribution in [0.2, 0.25) is 5.02 Å². The van der Waals surface area contributed by atoms with E-state index in [9.17, 15) is 13.6 Å². The van der Waals surface area contributed by atoms with Gasteiger partial charge < -0.3 is 15.3 Å². The minimum absolute atomic E-state index is 0.103. The molecule has 1 unspecified atom stereocenters. The van der Waals surface area contributed by atoms with Gasteiger partial charge >= 0.3 is 6.03 Å². The molecule has 2 amide bonds. The van der Waals surface area contributed by atoms with Gasteiger partial charge in [0.25, 0.3) is 5.92 Å². The predicted octanol–water partition coefficient (Wildman–Crippen LogP) is 2.56. The number of halogens is 3. The number of aromatic nitrogens is 3. The summed E-state index contributed by atoms with van der Waals surface area (Å²) in [4.78, 5) is 13.8. The van der Waals surface area contributed by atoms with Gasteiger partial charge in [0.2, 0.25) is 0 Å². The quantitative estimate of drug-likeness (QED) is 0.809. The molecule has 1 aromatic carbocycles. The summed E-state index contributed by atoms with van der Waals surface area (Å²) in [6.07, 6.45) is 3.14. The average molecular weight is 400 g/mol. The Morgan fingerprint density at radius 1 is 1.37 bits per heavy atom. The van der Waals surface area contributed by atoms with Crippen molar-refractivity contribution in [1.29, 1.82) is 0 Å². The molecule has 2 aromatic rings. The number of carbonyl (C=O) groups excluding carboxylic acids is 1. The lowest BCUT2D eigenvalue weighted by Gasteiger charge is -2.33. The Morgan fingerprint density at radius 2 is 2.11 bits per heavy atom. The van der Waals surface area contributed by atoms with Crippen LogP contribution in [0.1, 0.15) is 30.1 Å². The molecule has 2 heterocycles. The van der Waals surface area contributed by atoms with Gasteiger partial charge in [0.1, 0.15) is 5.69 Å². The molecule has 1 aliphatic heterocycles. The van der Waals surface area contributed by atoms with E-state index in [4.69, 9.17) is 16.7 Å². The van der Waals surface area contributed by atoms with Gasteiger partial charge in [-0.05, 0) is 25.0 Å². The lowest BCUT2D eigenvalue weighted by Crippen LogP contribution is -2.48. The van der Waals surface area contributed by atoms with Crippen molar-refractivity contribution in [3.63, 3.8) is 0 Å². The number of rotatable bonds is 5. The van der Waals surface area contributed by atoms with Crippen molar-refractivity contribution in [2.45, 2.75) is 31.4 Å². The number of aliphatic hydroxyl groups excluding tert-OH is 1. The Bertz CT molecular complexity index is 784. The summed E-state index contributed by atoms with van der Waals surface area (Å²) in [6.45, 7) is -0.188. The molecule has 1 fully saturated rings. The van der Waals surface area contributed by atoms with Gasteiger partial charge in [-0.15, -0.1) is 5.10 Å². The van der Waals surface area contributed by atoms with Gasteiger partial charge in [0, 0.05) is 23.7 Å². The molecule has 1 aliphatic rings. The minimum Gasteiger partial charge on any atom is -0.390 e. The van der Waals surface area contributed by atoms with Crippen LogP contribution in [-0.4, -0.2) is 50.7 Å². The first-order chi connectivity index (χ1) is 12.9. The molecule has 27 heavy (non-hydrogen) atoms. The second-order valence-corrected chi connectivity index (χ2v) is 6.90. The second kappa shape index (κ2) is 8.18. The number of alkyl halides is 2. The number of nitrogens with zero attached hydrogens (tertiary/aromatic N) is 4. The number of benzene rings is 1. The van der Waals surface area contributed by atoms with E-state index in [-0.39, 0.29) is 18.2 Å². The minimum atomic E-state index is -3.20. The molecule has 146 valence electrons. The predicted molar refractivity (Wildman–Crippen MR) is 94.5 cm³/mol. The van der Waals surface area contributed by atoms with E-state index >= 15 is 0 Å². The average Bonchev–Trinajstić information content (AvgIpc) is 3.16. The van der Waals surface area contributed by atoms with Crippen LogP contribution >= 0.6 is 11.6 Å². The van der Waals surface area contributed by atoms with Gasteiger partial charge in [0.05, 0.1) is 25.4 Å². The van der Waals surface area contributed by atoms with Crippen LogP contribution in [0.5, 0.6) is 0 Å². The van der Waals surface area contributed by atoms with Crippen molar-refractivity contribution in [2.75, 3.05) is 19.6 Å². The van der Waals surface area contributed by atoms with Crippen molar-refractivity contribution in [2.24, 2.45) is 0 Å². The molecule has 7 nitrogen and oxygen atoms in total. The van der Waals surface area contributed by atoms with Gasteiger partial charge in [-0.25, -0.2) is 9.48 Å². The fourth-order valence-corrected chi connectivity index (χ4v) is 3.14. The summed E-state index contributed by atoms with van der Waals surface area (Å²) in [7, 11) is 0. The van der Waals surface area contributed by atoms with Gasteiger partial charge in [-0.3, -0.25) is 0 Å². The normalized spacial score (nSPS) is 17.8. The van der Waals surface area contributed by atoms with E-state index in [1.807, 2.05) is 0 Å². The molecule has 1 aromatic heterocycles. The Balaban J connectivity index is 1.57. The first-order valence-corrected chi connectivity index (χ1v) is 8.95. The summed E-state index contributed by atoms with van der Waals surface area (Å²) in [5.74, 6) is -3.20. The fourth-order valence-electron chi connectivity index (χ4n) is 3.01. The number of aliphatic hydroxyl groups is 1. The summed E-state index contributed by atoms with van der Waals surface area (Å²) in [6, 6.07) is 4.62. The van der Waals surface area contributed by atoms with E-state index < -0.39 is 18.5 Å². The third-order valence-corrected chi connectivity index (χ3v) is 4.76. The first-order valence-electron chi connectivity index (χ1n) is 8.57. The number of nitrogens with one attached hydrogen (secondary N) is 1. The largest absolute Gasteiger partial charge is 0.390 e. The molecular formula is C17H20ClF2N5O2. The number of carbonyl (C=O) groups is 1. The van der Waals surface area contributed by atoms with Crippen LogP contribution in [0, 0.1) is 0 Å². The van der Waals surface area contributed by atoms with Crippen LogP contribution in [0.3, 0.4) is 0 Å². The Kier molecular flexibility index (Phi) is 5.91. The van der Waals surface area contributed by atoms with Crippen molar-refractivity contribution in [3.05, 3.63) is 46.7 Å². The number of amides is 2. The number of urea groups is 1. The van der Waals surface area contributed by atoms with Crippen LogP contribution in [-0.2, 0) is 12.5 Å². The first kappa shape index (κ1) is 19.5. The van der Waals surface area contributed by atoms with Crippen LogP contribution in [0.4, 0.5) is 13.6 Å². The zero-order valence-corrected chi connectivity index (χ0v) is 15.2. The fraction of sp³-hybridized carbons (Fsp3) is 0.471. The second-order valence-electron chi connectivity index (χ2n) is 6.46. The molecule has 0 radical (unpaired) electrons. The standard InChI is InChI=1S/C17H20ClF2N5O2/c18-13-5-3-12(4-6-13)17(19,20)11-21-16(27)24-7-1-2-15(9-24)25-8-14(10-26)22-23-25/h3-6,8,15,26H,1-2,7,9-11H2,(H,21,27). The molecule has 3 rings (SSSR count). The van der Waals surface area contributed by atoms with Crippen molar-refractivity contribution in [1.82, 2.24) is 25.2 Å². The highest BCUT2D eigenvalue weighted by Gasteiger charge is 2.33. The number of hydrogen-bond donors (Lipinski definition) is 2. The van der Waals surface area contributed by atoms with Crippen molar-refractivity contribution >= 4 is 17.6 Å². The molecule has 0 spiro atoms. The third-order valence-electron chi connectivity index (χ3n) is 4.51. The topological polar surface area (TPSA) is 83.3 Å². The highest BCUT2D eigenvalue weighted by atomic mass is 35.5. The van der Waals surface area contributed by atoms with Gasteiger partial charge in [0.15, 0.2) is 0 Å². The summed E-state index contributed by atoms with van der Waals surface area (Å²) in [5, 5.41) is 19.5. The van der Waals surface area contributed by atoms with Gasteiger partial charge in [-0.2, -0.15) is 8.78 Å². The smallest absolute Gasteiger partial charge is 0.317 e. The Labute approximate surface area is 159 Å². The maximum atomic E-state index is 14.3. The van der Waals surface area contributed by atoms with Gasteiger partial charge in [-0.1, -0.05) is 28.9 Å². The molecule has 1 saturated heterocycles. The lowest BCUT2D eigenvalue weighted by molar-refractivity contribution is -0.00194. The highest BCUT2D eigenvalue weighted by molar-refractivity contribution is 6.30. The van der Waals surface area contributed by atoms with E-state index in [0.717, 1.165) is 12.8 Å². The van der Waals surface area contributed by atoms with Crippen molar-refractivity contribution < 1.29 is 18.7 Å². The maximum Gasteiger partial charge on any atom is 0.317 e. The SMILES string of the molecule is O=C(NCC(F)(F)c1ccc(Cl)cc1)N1CCCC(n2cc(CO)nn2)C1. The summed E-state index contributed by atoms with van der Waals surface area (Å²) >= 11 is 5.72. The molecular weight excluding hydrogens is 380 g/mol. The molecule has 2 N–H and O–H groups in total. The van der Waals surface area contributed by atoms with E-state index in [2.05, 4.69) is 15.6 Å². The lowest BCUT2D eigenvalue weighted by atomic mass is 10.1. The molecule has 10 heteroatoms. The zero-order valence-electron chi connectivity index (χ0n) is 14.5. The van der Waals surface area contributed by atoms with Crippen LogP contribution < -0.4 is 5.32 Å². The molecule has 0 saturated carbocycles. The summed E-state index contributed by atoms with van der Waals surface area (Å²) in [5.41, 5.74) is 0.238. The van der Waals surface area contributed by atoms with E-state index in [1.54, 1.807) is 10.9 Å². The molecule has 1 atom stereocenters. The van der Waals surface area contributed by atoms with Crippen LogP contribution in [0.15, 0.2) is 30.5 Å². The Morgan fingerprint density at radius 3 is 2.78 bits per heavy atom. The number of piperidine rings is 1. The number of likely N-dealkylation sites (tertiary alicyclic amines) is 1. The molecule has 0 bridgehead atoms. The van der Waals surface area contributed by atoms with E-state index in [0.29, 0.717) is 23.8 Å². The third kappa shape index (κ3) is 4.72. The summed E-state index contributed by atoms with van der Waals surface area (Å²) < 4.78 is 30.2. The Hall–Kier alpha value is -2.26.